The van der Waals surface area contributed by atoms with E-state index in [1.807, 2.05) is 4.90 Å². The van der Waals surface area contributed by atoms with Crippen LogP contribution in [0, 0.1) is 0 Å². The third-order valence-electron chi connectivity index (χ3n) is 4.32. The van der Waals surface area contributed by atoms with Crippen molar-refractivity contribution in [2.75, 3.05) is 45.8 Å². The Bertz CT molecular complexity index is 413. The molecule has 2 fully saturated rings. The largest absolute Gasteiger partial charge is 0.481 e. The molecule has 2 aliphatic heterocycles. The van der Waals surface area contributed by atoms with Crippen molar-refractivity contribution >= 4 is 17.8 Å². The maximum Gasteiger partial charge on any atom is 0.303 e. The summed E-state index contributed by atoms with van der Waals surface area (Å²) in [5.74, 6) is -0.649. The second-order valence-corrected chi connectivity index (χ2v) is 5.99. The van der Waals surface area contributed by atoms with Crippen LogP contribution in [0.25, 0.3) is 0 Å². The fraction of sp³-hybridized carbons (Fsp3) is 0.800. The summed E-state index contributed by atoms with van der Waals surface area (Å²) < 4.78 is 0. The summed E-state index contributed by atoms with van der Waals surface area (Å²) in [6.45, 7) is 4.87. The van der Waals surface area contributed by atoms with E-state index >= 15 is 0 Å². The zero-order chi connectivity index (χ0) is 15.9. The average Bonchev–Trinajstić information content (AvgIpc) is 3.02. The minimum Gasteiger partial charge on any atom is -0.481 e. The maximum absolute atomic E-state index is 12.1. The molecule has 0 aromatic carbocycles. The summed E-state index contributed by atoms with van der Waals surface area (Å²) in [7, 11) is 0. The first-order valence-corrected chi connectivity index (χ1v) is 8.06. The maximum atomic E-state index is 12.1. The van der Waals surface area contributed by atoms with Gasteiger partial charge in [0.05, 0.1) is 6.54 Å². The molecule has 2 saturated heterocycles. The molecule has 2 amide bonds. The third-order valence-corrected chi connectivity index (χ3v) is 4.32. The van der Waals surface area contributed by atoms with Gasteiger partial charge in [0.2, 0.25) is 11.8 Å². The van der Waals surface area contributed by atoms with E-state index in [-0.39, 0.29) is 18.2 Å². The number of aliphatic carboxylic acids is 1. The van der Waals surface area contributed by atoms with Crippen molar-refractivity contribution in [3.63, 3.8) is 0 Å². The van der Waals surface area contributed by atoms with Gasteiger partial charge in [-0.1, -0.05) is 0 Å². The lowest BCUT2D eigenvalue weighted by Gasteiger charge is -2.35. The summed E-state index contributed by atoms with van der Waals surface area (Å²) in [6.07, 6.45) is 2.92. The van der Waals surface area contributed by atoms with E-state index in [4.69, 9.17) is 5.11 Å². The molecule has 2 heterocycles. The summed E-state index contributed by atoms with van der Waals surface area (Å²) >= 11 is 0. The number of rotatable bonds is 6. The Morgan fingerprint density at radius 1 is 0.773 bits per heavy atom. The Morgan fingerprint density at radius 3 is 1.95 bits per heavy atom. The highest BCUT2D eigenvalue weighted by Crippen LogP contribution is 2.10. The number of likely N-dealkylation sites (tertiary alicyclic amines) is 1. The molecule has 0 aromatic heterocycles. The standard InChI is InChI=1S/C15H25N3O4/c19-13(4-3-5-15(21)22)18-10-8-16(9-11-18)12-14(20)17-6-1-2-7-17/h1-12H2,(H,21,22). The molecular formula is C15H25N3O4. The van der Waals surface area contributed by atoms with Crippen LogP contribution in [-0.4, -0.2) is 83.4 Å². The van der Waals surface area contributed by atoms with E-state index in [2.05, 4.69) is 4.90 Å². The number of piperazine rings is 1. The van der Waals surface area contributed by atoms with E-state index in [0.717, 1.165) is 25.9 Å². The van der Waals surface area contributed by atoms with Crippen molar-refractivity contribution in [1.29, 1.82) is 0 Å². The van der Waals surface area contributed by atoms with Gasteiger partial charge in [0.15, 0.2) is 0 Å². The number of carbonyl (C=O) groups is 3. The fourth-order valence-electron chi connectivity index (χ4n) is 2.96. The van der Waals surface area contributed by atoms with Gasteiger partial charge in [-0.15, -0.1) is 0 Å². The van der Waals surface area contributed by atoms with E-state index in [1.54, 1.807) is 4.90 Å². The Balaban J connectivity index is 1.65. The van der Waals surface area contributed by atoms with Crippen LogP contribution in [0.1, 0.15) is 32.1 Å². The zero-order valence-electron chi connectivity index (χ0n) is 13.0. The molecule has 0 unspecified atom stereocenters. The SMILES string of the molecule is O=C(O)CCCC(=O)N1CCN(CC(=O)N2CCCC2)CC1. The molecule has 7 nitrogen and oxygen atoms in total. The van der Waals surface area contributed by atoms with E-state index in [0.29, 0.717) is 45.6 Å². The molecular weight excluding hydrogens is 286 g/mol. The van der Waals surface area contributed by atoms with Crippen molar-refractivity contribution in [1.82, 2.24) is 14.7 Å². The smallest absolute Gasteiger partial charge is 0.303 e. The highest BCUT2D eigenvalue weighted by atomic mass is 16.4. The van der Waals surface area contributed by atoms with Crippen LogP contribution in [0.15, 0.2) is 0 Å². The van der Waals surface area contributed by atoms with Gasteiger partial charge < -0.3 is 14.9 Å². The van der Waals surface area contributed by atoms with Gasteiger partial charge in [-0.25, -0.2) is 0 Å². The molecule has 1 N–H and O–H groups in total. The first-order valence-electron chi connectivity index (χ1n) is 8.06. The molecule has 2 rings (SSSR count). The van der Waals surface area contributed by atoms with Crippen molar-refractivity contribution in [3.05, 3.63) is 0 Å². The lowest BCUT2D eigenvalue weighted by atomic mass is 10.2. The van der Waals surface area contributed by atoms with Crippen LogP contribution < -0.4 is 0 Å². The molecule has 0 aliphatic carbocycles. The molecule has 0 saturated carbocycles. The second-order valence-electron chi connectivity index (χ2n) is 5.99. The number of carboxylic acids is 1. The van der Waals surface area contributed by atoms with Gasteiger partial charge in [-0.3, -0.25) is 19.3 Å². The Morgan fingerprint density at radius 2 is 1.36 bits per heavy atom. The second kappa shape index (κ2) is 8.12. The zero-order valence-corrected chi connectivity index (χ0v) is 13.0. The molecule has 0 bridgehead atoms. The number of carboxylic acid groups (broad SMARTS) is 1. The van der Waals surface area contributed by atoms with Gasteiger partial charge >= 0.3 is 5.97 Å². The molecule has 0 aromatic rings. The fourth-order valence-corrected chi connectivity index (χ4v) is 2.96. The number of hydrogen-bond donors (Lipinski definition) is 1. The first kappa shape index (κ1) is 16.7. The van der Waals surface area contributed by atoms with Crippen LogP contribution in [0.3, 0.4) is 0 Å². The number of hydrogen-bond acceptors (Lipinski definition) is 4. The van der Waals surface area contributed by atoms with Crippen LogP contribution in [0.4, 0.5) is 0 Å². The first-order chi connectivity index (χ1) is 10.6. The lowest BCUT2D eigenvalue weighted by molar-refractivity contribution is -0.137. The Labute approximate surface area is 130 Å². The molecule has 124 valence electrons. The van der Waals surface area contributed by atoms with Crippen molar-refractivity contribution in [3.8, 4) is 0 Å². The van der Waals surface area contributed by atoms with E-state index < -0.39 is 5.97 Å². The predicted molar refractivity (Wildman–Crippen MR) is 80.3 cm³/mol. The van der Waals surface area contributed by atoms with Crippen LogP contribution >= 0.6 is 0 Å². The highest BCUT2D eigenvalue weighted by molar-refractivity contribution is 5.79. The molecule has 0 spiro atoms. The van der Waals surface area contributed by atoms with Crippen molar-refractivity contribution in [2.24, 2.45) is 0 Å². The van der Waals surface area contributed by atoms with Crippen LogP contribution in [0.2, 0.25) is 0 Å². The number of carbonyl (C=O) groups excluding carboxylic acids is 2. The summed E-state index contributed by atoms with van der Waals surface area (Å²) in [4.78, 5) is 40.3. The van der Waals surface area contributed by atoms with Gasteiger partial charge in [0.25, 0.3) is 0 Å². The topological polar surface area (TPSA) is 81.2 Å². The van der Waals surface area contributed by atoms with Crippen LogP contribution in [0.5, 0.6) is 0 Å². The molecule has 2 aliphatic rings. The molecule has 0 atom stereocenters. The Kier molecular flexibility index (Phi) is 6.18. The summed E-state index contributed by atoms with van der Waals surface area (Å²) in [6, 6.07) is 0. The van der Waals surface area contributed by atoms with Crippen molar-refractivity contribution < 1.29 is 19.5 Å². The Hall–Kier alpha value is -1.63. The predicted octanol–water partition coefficient (Wildman–Crippen LogP) is 0.00790. The average molecular weight is 311 g/mol. The molecule has 0 radical (unpaired) electrons. The minimum atomic E-state index is -0.863. The highest BCUT2D eigenvalue weighted by Gasteiger charge is 2.25. The van der Waals surface area contributed by atoms with Crippen molar-refractivity contribution in [2.45, 2.75) is 32.1 Å². The van der Waals surface area contributed by atoms with E-state index in [1.165, 1.54) is 0 Å². The third kappa shape index (κ3) is 4.98. The summed E-state index contributed by atoms with van der Waals surface area (Å²) in [5, 5.41) is 8.58. The lowest BCUT2D eigenvalue weighted by Crippen LogP contribution is -2.51. The molecule has 7 heteroatoms. The molecule has 22 heavy (non-hydrogen) atoms. The van der Waals surface area contributed by atoms with Gasteiger partial charge in [-0.2, -0.15) is 0 Å². The quantitative estimate of drug-likeness (QED) is 0.747. The normalized spacial score (nSPS) is 19.5. The monoisotopic (exact) mass is 311 g/mol. The van der Waals surface area contributed by atoms with Gasteiger partial charge in [0, 0.05) is 52.1 Å². The van der Waals surface area contributed by atoms with Crippen LogP contribution in [-0.2, 0) is 14.4 Å². The number of nitrogens with zero attached hydrogens (tertiary/aromatic N) is 3. The minimum absolute atomic E-state index is 0.0202. The van der Waals surface area contributed by atoms with Gasteiger partial charge in [0.1, 0.15) is 0 Å². The number of amides is 2. The van der Waals surface area contributed by atoms with Gasteiger partial charge in [-0.05, 0) is 19.3 Å². The summed E-state index contributed by atoms with van der Waals surface area (Å²) in [5.41, 5.74) is 0. The van der Waals surface area contributed by atoms with E-state index in [9.17, 15) is 14.4 Å².